The van der Waals surface area contributed by atoms with Crippen molar-refractivity contribution in [1.82, 2.24) is 0 Å². The summed E-state index contributed by atoms with van der Waals surface area (Å²) in [5.74, 6) is 1.50. The van der Waals surface area contributed by atoms with Crippen molar-refractivity contribution in [2.24, 2.45) is 0 Å². The Morgan fingerprint density at radius 1 is 1.00 bits per heavy atom. The van der Waals surface area contributed by atoms with Crippen LogP contribution in [0.25, 0.3) is 11.1 Å². The monoisotopic (exact) mass is 464 g/mol. The van der Waals surface area contributed by atoms with E-state index in [9.17, 15) is 4.79 Å². The number of nitrogens with one attached hydrogen (secondary N) is 1. The molecule has 1 amide bonds. The fraction of sp³-hybridized carbons (Fsp3) is 0.296. The third-order valence-corrected chi connectivity index (χ3v) is 6.31. The van der Waals surface area contributed by atoms with Crippen LogP contribution < -0.4 is 19.7 Å². The van der Waals surface area contributed by atoms with Gasteiger partial charge in [-0.3, -0.25) is 4.79 Å². The van der Waals surface area contributed by atoms with Crippen molar-refractivity contribution in [1.29, 1.82) is 0 Å². The van der Waals surface area contributed by atoms with Crippen LogP contribution in [0.4, 0.5) is 11.4 Å². The molecule has 3 aromatic carbocycles. The Bertz CT molecular complexity index is 1240. The number of amides is 1. The number of ether oxygens (including phenoxy) is 2. The highest BCUT2D eigenvalue weighted by atomic mass is 35.5. The smallest absolute Gasteiger partial charge is 0.251 e. The fourth-order valence-electron chi connectivity index (χ4n) is 4.33. The quantitative estimate of drug-likeness (QED) is 0.476. The molecule has 0 aromatic heterocycles. The molecule has 0 radical (unpaired) electrons. The van der Waals surface area contributed by atoms with Gasteiger partial charge in [-0.05, 0) is 74.7 Å². The molecule has 6 heteroatoms. The maximum Gasteiger partial charge on any atom is 0.251 e. The van der Waals surface area contributed by atoms with E-state index in [1.54, 1.807) is 18.1 Å². The van der Waals surface area contributed by atoms with E-state index in [4.69, 9.17) is 21.1 Å². The molecule has 0 saturated heterocycles. The Morgan fingerprint density at radius 3 is 2.48 bits per heavy atom. The van der Waals surface area contributed by atoms with E-state index in [2.05, 4.69) is 11.4 Å². The molecule has 0 saturated carbocycles. The number of carbonyl (C=O) groups excluding carboxylic acids is 1. The first-order valence-corrected chi connectivity index (χ1v) is 11.3. The van der Waals surface area contributed by atoms with Gasteiger partial charge in [-0.25, -0.2) is 0 Å². The van der Waals surface area contributed by atoms with Gasteiger partial charge in [0.2, 0.25) is 0 Å². The maximum atomic E-state index is 13.1. The Morgan fingerprint density at radius 2 is 1.76 bits per heavy atom. The Kier molecular flexibility index (Phi) is 6.02. The molecule has 3 aromatic rings. The number of benzene rings is 3. The van der Waals surface area contributed by atoms with Gasteiger partial charge >= 0.3 is 0 Å². The number of carbonyl (C=O) groups is 1. The van der Waals surface area contributed by atoms with E-state index < -0.39 is 5.54 Å². The summed E-state index contributed by atoms with van der Waals surface area (Å²) >= 11 is 6.36. The van der Waals surface area contributed by atoms with Crippen molar-refractivity contribution in [2.45, 2.75) is 39.8 Å². The zero-order valence-electron chi connectivity index (χ0n) is 19.9. The summed E-state index contributed by atoms with van der Waals surface area (Å²) in [6, 6.07) is 15.7. The average molecular weight is 465 g/mol. The SMILES string of the molecule is COc1ccc(Cl)cc1-c1ccc2c(c1COc1cc(C)ccc1C)N(C)C(=O)C(C)(C)N2. The summed E-state index contributed by atoms with van der Waals surface area (Å²) in [5.41, 5.74) is 5.78. The van der Waals surface area contributed by atoms with Gasteiger partial charge in [0.05, 0.1) is 18.5 Å². The molecule has 1 N–H and O–H groups in total. The highest BCUT2D eigenvalue weighted by molar-refractivity contribution is 6.31. The zero-order valence-corrected chi connectivity index (χ0v) is 20.6. The van der Waals surface area contributed by atoms with Crippen LogP contribution in [0, 0.1) is 13.8 Å². The predicted molar refractivity (Wildman–Crippen MR) is 135 cm³/mol. The molecule has 0 fully saturated rings. The second-order valence-electron chi connectivity index (χ2n) is 9.00. The Balaban J connectivity index is 1.90. The molecule has 0 unspecified atom stereocenters. The molecule has 4 rings (SSSR count). The van der Waals surface area contributed by atoms with Gasteiger partial charge in [0.15, 0.2) is 0 Å². The van der Waals surface area contributed by atoms with Crippen molar-refractivity contribution in [3.05, 3.63) is 70.2 Å². The number of nitrogens with zero attached hydrogens (tertiary/aromatic N) is 1. The summed E-state index contributed by atoms with van der Waals surface area (Å²) in [7, 11) is 3.45. The van der Waals surface area contributed by atoms with Crippen LogP contribution >= 0.6 is 11.6 Å². The molecule has 0 aliphatic carbocycles. The number of fused-ring (bicyclic) bond motifs is 1. The lowest BCUT2D eigenvalue weighted by Crippen LogP contribution is -2.52. The fourth-order valence-corrected chi connectivity index (χ4v) is 4.51. The number of methoxy groups -OCH3 is 1. The van der Waals surface area contributed by atoms with Gasteiger partial charge in [-0.1, -0.05) is 29.8 Å². The molecule has 1 aliphatic rings. The number of likely N-dealkylation sites (N-methyl/N-ethyl adjacent to an activating group) is 1. The molecule has 0 bridgehead atoms. The molecule has 5 nitrogen and oxygen atoms in total. The van der Waals surface area contributed by atoms with Gasteiger partial charge in [0.1, 0.15) is 23.6 Å². The first-order chi connectivity index (χ1) is 15.6. The van der Waals surface area contributed by atoms with E-state index >= 15 is 0 Å². The number of hydrogen-bond acceptors (Lipinski definition) is 4. The van der Waals surface area contributed by atoms with Crippen LogP contribution in [0.5, 0.6) is 11.5 Å². The van der Waals surface area contributed by atoms with Crippen LogP contribution in [0.2, 0.25) is 5.02 Å². The number of aryl methyl sites for hydroxylation is 2. The first kappa shape index (κ1) is 23.0. The minimum Gasteiger partial charge on any atom is -0.496 e. The van der Waals surface area contributed by atoms with E-state index in [1.165, 1.54) is 0 Å². The van der Waals surface area contributed by atoms with Crippen LogP contribution in [-0.2, 0) is 11.4 Å². The molecular formula is C27H29ClN2O3. The number of rotatable bonds is 5. The Labute approximate surface area is 200 Å². The number of halogens is 1. The van der Waals surface area contributed by atoms with Crippen LogP contribution in [0.3, 0.4) is 0 Å². The highest BCUT2D eigenvalue weighted by Gasteiger charge is 2.38. The summed E-state index contributed by atoms with van der Waals surface area (Å²) in [6.07, 6.45) is 0. The Hall–Kier alpha value is -3.18. The van der Waals surface area contributed by atoms with Gasteiger partial charge < -0.3 is 19.7 Å². The molecule has 172 valence electrons. The highest BCUT2D eigenvalue weighted by Crippen LogP contribution is 2.44. The normalized spacial score (nSPS) is 14.5. The second kappa shape index (κ2) is 8.64. The lowest BCUT2D eigenvalue weighted by Gasteiger charge is -2.39. The molecular weight excluding hydrogens is 436 g/mol. The van der Waals surface area contributed by atoms with Crippen molar-refractivity contribution in [3.63, 3.8) is 0 Å². The third kappa shape index (κ3) is 4.25. The van der Waals surface area contributed by atoms with Crippen LogP contribution in [-0.4, -0.2) is 25.6 Å². The van der Waals surface area contributed by atoms with Gasteiger partial charge in [-0.15, -0.1) is 0 Å². The van der Waals surface area contributed by atoms with E-state index in [1.807, 2.05) is 71.1 Å². The van der Waals surface area contributed by atoms with Crippen molar-refractivity contribution >= 4 is 28.9 Å². The van der Waals surface area contributed by atoms with Crippen LogP contribution in [0.15, 0.2) is 48.5 Å². The largest absolute Gasteiger partial charge is 0.496 e. The summed E-state index contributed by atoms with van der Waals surface area (Å²) in [6.45, 7) is 8.11. The minimum atomic E-state index is -0.706. The topological polar surface area (TPSA) is 50.8 Å². The molecule has 33 heavy (non-hydrogen) atoms. The zero-order chi connectivity index (χ0) is 23.9. The lowest BCUT2D eigenvalue weighted by molar-refractivity contribution is -0.121. The van der Waals surface area contributed by atoms with Gasteiger partial charge in [0, 0.05) is 23.2 Å². The minimum absolute atomic E-state index is 0.0156. The number of hydrogen-bond donors (Lipinski definition) is 1. The van der Waals surface area contributed by atoms with Crippen molar-refractivity contribution in [3.8, 4) is 22.6 Å². The van der Waals surface area contributed by atoms with Crippen LogP contribution in [0.1, 0.15) is 30.5 Å². The maximum absolute atomic E-state index is 13.1. The van der Waals surface area contributed by atoms with Gasteiger partial charge in [0.25, 0.3) is 5.91 Å². The second-order valence-corrected chi connectivity index (χ2v) is 9.44. The number of anilines is 2. The van der Waals surface area contributed by atoms with E-state index in [-0.39, 0.29) is 12.5 Å². The summed E-state index contributed by atoms with van der Waals surface area (Å²) in [5, 5.41) is 4.00. The van der Waals surface area contributed by atoms with Crippen molar-refractivity contribution < 1.29 is 14.3 Å². The first-order valence-electron chi connectivity index (χ1n) is 10.9. The average Bonchev–Trinajstić information content (AvgIpc) is 2.77. The molecule has 0 atom stereocenters. The van der Waals surface area contributed by atoms with Crippen molar-refractivity contribution in [2.75, 3.05) is 24.4 Å². The summed E-state index contributed by atoms with van der Waals surface area (Å²) in [4.78, 5) is 14.9. The van der Waals surface area contributed by atoms with Gasteiger partial charge in [-0.2, -0.15) is 0 Å². The molecule has 1 aliphatic heterocycles. The predicted octanol–water partition coefficient (Wildman–Crippen LogP) is 6.38. The molecule has 1 heterocycles. The molecule has 0 spiro atoms. The third-order valence-electron chi connectivity index (χ3n) is 6.07. The van der Waals surface area contributed by atoms with E-state index in [0.29, 0.717) is 10.8 Å². The van der Waals surface area contributed by atoms with E-state index in [0.717, 1.165) is 44.9 Å². The lowest BCUT2D eigenvalue weighted by atomic mass is 9.92. The standard InChI is InChI=1S/C27H29ClN2O3/c1-16-7-8-17(2)24(13-16)33-15-21-19(20-14-18(28)9-12-23(20)32-6)10-11-22-25(21)30(5)26(31)27(3,4)29-22/h7-14,29H,15H2,1-6H3. The summed E-state index contributed by atoms with van der Waals surface area (Å²) < 4.78 is 12.0.